The van der Waals surface area contributed by atoms with E-state index >= 15 is 0 Å². The predicted molar refractivity (Wildman–Crippen MR) is 82.5 cm³/mol. The Morgan fingerprint density at radius 2 is 2.00 bits per heavy atom. The first kappa shape index (κ1) is 13.6. The Hall–Kier alpha value is -1.35. The van der Waals surface area contributed by atoms with Crippen LogP contribution in [0.25, 0.3) is 0 Å². The van der Waals surface area contributed by atoms with Gasteiger partial charge in [0.1, 0.15) is 0 Å². The third-order valence-corrected chi connectivity index (χ3v) is 4.78. The van der Waals surface area contributed by atoms with Crippen molar-refractivity contribution in [2.45, 2.75) is 45.2 Å². The Morgan fingerprint density at radius 1 is 1.25 bits per heavy atom. The molecule has 0 bridgehead atoms. The van der Waals surface area contributed by atoms with Crippen LogP contribution in [-0.4, -0.2) is 42.4 Å². The van der Waals surface area contributed by atoms with Gasteiger partial charge >= 0.3 is 0 Å². The fourth-order valence-electron chi connectivity index (χ4n) is 3.59. The van der Waals surface area contributed by atoms with Crippen LogP contribution in [0.4, 0.5) is 5.69 Å². The largest absolute Gasteiger partial charge is 0.366 e. The Kier molecular flexibility index (Phi) is 3.79. The van der Waals surface area contributed by atoms with E-state index in [0.29, 0.717) is 12.5 Å². The van der Waals surface area contributed by atoms with Crippen LogP contribution < -0.4 is 4.90 Å². The summed E-state index contributed by atoms with van der Waals surface area (Å²) in [4.78, 5) is 16.8. The lowest BCUT2D eigenvalue weighted by Gasteiger charge is -2.43. The van der Waals surface area contributed by atoms with Crippen molar-refractivity contribution in [3.05, 3.63) is 29.8 Å². The normalized spacial score (nSPS) is 26.6. The number of hydrogen-bond donors (Lipinski definition) is 0. The Balaban J connectivity index is 1.76. The molecular weight excluding hydrogens is 248 g/mol. The summed E-state index contributed by atoms with van der Waals surface area (Å²) in [6, 6.07) is 9.47. The molecule has 0 amide bonds. The molecule has 0 radical (unpaired) electrons. The van der Waals surface area contributed by atoms with Crippen LogP contribution in [0, 0.1) is 0 Å². The third-order valence-electron chi connectivity index (χ3n) is 4.78. The van der Waals surface area contributed by atoms with Gasteiger partial charge in [0.15, 0.2) is 5.78 Å². The van der Waals surface area contributed by atoms with Gasteiger partial charge in [-0.2, -0.15) is 0 Å². The maximum absolute atomic E-state index is 11.7. The van der Waals surface area contributed by atoms with Gasteiger partial charge in [0.05, 0.1) is 0 Å². The molecule has 2 saturated heterocycles. The van der Waals surface area contributed by atoms with Gasteiger partial charge in [-0.25, -0.2) is 0 Å². The summed E-state index contributed by atoms with van der Waals surface area (Å²) in [5.41, 5.74) is 2.10. The van der Waals surface area contributed by atoms with E-state index in [1.54, 1.807) is 0 Å². The highest BCUT2D eigenvalue weighted by Crippen LogP contribution is 2.28. The molecule has 3 heteroatoms. The second-order valence-corrected chi connectivity index (χ2v) is 6.12. The number of anilines is 1. The zero-order valence-electron chi connectivity index (χ0n) is 12.5. The monoisotopic (exact) mass is 272 g/mol. The molecule has 2 unspecified atom stereocenters. The van der Waals surface area contributed by atoms with E-state index in [4.69, 9.17) is 0 Å². The highest BCUT2D eigenvalue weighted by molar-refractivity contribution is 5.96. The molecular formula is C17H24N2O. The number of rotatable bonds is 3. The summed E-state index contributed by atoms with van der Waals surface area (Å²) >= 11 is 0. The van der Waals surface area contributed by atoms with Crippen LogP contribution in [0.5, 0.6) is 0 Å². The van der Waals surface area contributed by atoms with Crippen LogP contribution in [0.2, 0.25) is 0 Å². The molecule has 3 nitrogen and oxygen atoms in total. The van der Waals surface area contributed by atoms with E-state index in [-0.39, 0.29) is 5.78 Å². The Labute approximate surface area is 121 Å². The van der Waals surface area contributed by atoms with Crippen LogP contribution >= 0.6 is 0 Å². The summed E-state index contributed by atoms with van der Waals surface area (Å²) in [5.74, 6) is 0.227. The predicted octanol–water partition coefficient (Wildman–Crippen LogP) is 2.95. The fraction of sp³-hybridized carbons (Fsp3) is 0.588. The SMILES string of the molecule is CCC(=O)c1ccc(N2CC3CCCN3CC2C)cc1. The molecule has 3 rings (SSSR count). The topological polar surface area (TPSA) is 23.6 Å². The highest BCUT2D eigenvalue weighted by atomic mass is 16.1. The molecule has 2 aliphatic rings. The number of hydrogen-bond acceptors (Lipinski definition) is 3. The molecule has 0 spiro atoms. The zero-order chi connectivity index (χ0) is 14.1. The first-order valence-electron chi connectivity index (χ1n) is 7.83. The van der Waals surface area contributed by atoms with E-state index in [9.17, 15) is 4.79 Å². The smallest absolute Gasteiger partial charge is 0.162 e. The first-order chi connectivity index (χ1) is 9.69. The lowest BCUT2D eigenvalue weighted by molar-refractivity contribution is 0.0988. The maximum Gasteiger partial charge on any atom is 0.162 e. The van der Waals surface area contributed by atoms with Crippen molar-refractivity contribution in [1.29, 1.82) is 0 Å². The molecule has 0 aromatic heterocycles. The molecule has 2 fully saturated rings. The number of benzene rings is 1. The molecule has 1 aromatic carbocycles. The van der Waals surface area contributed by atoms with E-state index in [1.165, 1.54) is 31.6 Å². The Morgan fingerprint density at radius 3 is 2.70 bits per heavy atom. The standard InChI is InChI=1S/C17H24N2O/c1-3-17(20)14-6-8-15(9-7-14)19-12-16-5-4-10-18(16)11-13(19)2/h6-9,13,16H,3-5,10-12H2,1-2H3. The summed E-state index contributed by atoms with van der Waals surface area (Å²) < 4.78 is 0. The van der Waals surface area contributed by atoms with Crippen molar-refractivity contribution in [3.8, 4) is 0 Å². The summed E-state index contributed by atoms with van der Waals surface area (Å²) in [7, 11) is 0. The van der Waals surface area contributed by atoms with Gasteiger partial charge in [-0.15, -0.1) is 0 Å². The molecule has 2 heterocycles. The van der Waals surface area contributed by atoms with Gasteiger partial charge < -0.3 is 4.90 Å². The second-order valence-electron chi connectivity index (χ2n) is 6.12. The number of ketones is 1. The van der Waals surface area contributed by atoms with E-state index in [2.05, 4.69) is 28.9 Å². The van der Waals surface area contributed by atoms with Crippen molar-refractivity contribution < 1.29 is 4.79 Å². The lowest BCUT2D eigenvalue weighted by Crippen LogP contribution is -2.55. The minimum Gasteiger partial charge on any atom is -0.366 e. The number of piperazine rings is 1. The lowest BCUT2D eigenvalue weighted by atomic mass is 10.0. The second kappa shape index (κ2) is 5.57. The summed E-state index contributed by atoms with van der Waals surface area (Å²) in [5, 5.41) is 0. The van der Waals surface area contributed by atoms with E-state index < -0.39 is 0 Å². The van der Waals surface area contributed by atoms with Gasteiger partial charge in [0, 0.05) is 42.8 Å². The van der Waals surface area contributed by atoms with Crippen molar-refractivity contribution in [1.82, 2.24) is 4.90 Å². The minimum atomic E-state index is 0.227. The number of Topliss-reactive ketones (excluding diaryl/α,β-unsaturated/α-hetero) is 1. The van der Waals surface area contributed by atoms with Crippen molar-refractivity contribution in [2.75, 3.05) is 24.5 Å². The van der Waals surface area contributed by atoms with Gasteiger partial charge in [-0.3, -0.25) is 9.69 Å². The van der Waals surface area contributed by atoms with Gasteiger partial charge in [0.25, 0.3) is 0 Å². The van der Waals surface area contributed by atoms with Crippen LogP contribution in [0.1, 0.15) is 43.5 Å². The minimum absolute atomic E-state index is 0.227. The van der Waals surface area contributed by atoms with Crippen LogP contribution in [0.3, 0.4) is 0 Å². The van der Waals surface area contributed by atoms with Crippen LogP contribution in [0.15, 0.2) is 24.3 Å². The number of carbonyl (C=O) groups is 1. The summed E-state index contributed by atoms with van der Waals surface area (Å²) in [6.45, 7) is 7.78. The highest BCUT2D eigenvalue weighted by Gasteiger charge is 2.34. The quantitative estimate of drug-likeness (QED) is 0.790. The molecule has 0 saturated carbocycles. The maximum atomic E-state index is 11.7. The Bertz CT molecular complexity index is 482. The van der Waals surface area contributed by atoms with Crippen molar-refractivity contribution in [2.24, 2.45) is 0 Å². The van der Waals surface area contributed by atoms with E-state index in [0.717, 1.165) is 18.2 Å². The molecule has 0 aliphatic carbocycles. The third kappa shape index (κ3) is 2.47. The fourth-order valence-corrected chi connectivity index (χ4v) is 3.59. The number of nitrogens with zero attached hydrogens (tertiary/aromatic N) is 2. The molecule has 1 aromatic rings. The van der Waals surface area contributed by atoms with Gasteiger partial charge in [-0.1, -0.05) is 6.92 Å². The van der Waals surface area contributed by atoms with Crippen LogP contribution in [-0.2, 0) is 0 Å². The number of fused-ring (bicyclic) bond motifs is 1. The zero-order valence-corrected chi connectivity index (χ0v) is 12.5. The number of carbonyl (C=O) groups excluding carboxylic acids is 1. The first-order valence-corrected chi connectivity index (χ1v) is 7.83. The molecule has 108 valence electrons. The van der Waals surface area contributed by atoms with Gasteiger partial charge in [-0.05, 0) is 50.6 Å². The van der Waals surface area contributed by atoms with E-state index in [1.807, 2.05) is 19.1 Å². The average Bonchev–Trinajstić information content (AvgIpc) is 2.93. The molecule has 0 N–H and O–H groups in total. The van der Waals surface area contributed by atoms with Crippen molar-refractivity contribution >= 4 is 11.5 Å². The van der Waals surface area contributed by atoms with Crippen molar-refractivity contribution in [3.63, 3.8) is 0 Å². The molecule has 20 heavy (non-hydrogen) atoms. The molecule has 2 aliphatic heterocycles. The average molecular weight is 272 g/mol. The molecule has 2 atom stereocenters. The summed E-state index contributed by atoms with van der Waals surface area (Å²) in [6.07, 6.45) is 3.25. The van der Waals surface area contributed by atoms with Gasteiger partial charge in [0.2, 0.25) is 0 Å².